The lowest BCUT2D eigenvalue weighted by Crippen LogP contribution is -2.17. The second-order valence-corrected chi connectivity index (χ2v) is 5.12. The van der Waals surface area contributed by atoms with Gasteiger partial charge in [0.15, 0.2) is 0 Å². The molecule has 1 unspecified atom stereocenters. The van der Waals surface area contributed by atoms with Gasteiger partial charge in [0.25, 0.3) is 5.91 Å². The Hall–Kier alpha value is -2.63. The summed E-state index contributed by atoms with van der Waals surface area (Å²) in [7, 11) is 0. The first-order valence-electron chi connectivity index (χ1n) is 7.13. The summed E-state index contributed by atoms with van der Waals surface area (Å²) in [5, 5.41) is 0. The lowest BCUT2D eigenvalue weighted by Gasteiger charge is -2.14. The number of benzene rings is 1. The highest BCUT2D eigenvalue weighted by molar-refractivity contribution is 6.00. The number of nitrogens with two attached hydrogens (primary N) is 2. The van der Waals surface area contributed by atoms with Crippen LogP contribution in [0.25, 0.3) is 11.3 Å². The van der Waals surface area contributed by atoms with E-state index in [4.69, 9.17) is 16.2 Å². The Bertz CT molecular complexity index is 701. The van der Waals surface area contributed by atoms with Crippen LogP contribution in [0.1, 0.15) is 36.3 Å². The smallest absolute Gasteiger partial charge is 0.252 e. The normalized spacial score (nSPS) is 12.0. The van der Waals surface area contributed by atoms with Crippen molar-refractivity contribution in [1.29, 1.82) is 0 Å². The van der Waals surface area contributed by atoms with E-state index in [2.05, 4.69) is 9.97 Å². The average molecular weight is 300 g/mol. The summed E-state index contributed by atoms with van der Waals surface area (Å²) in [5.41, 5.74) is 13.0. The summed E-state index contributed by atoms with van der Waals surface area (Å²) >= 11 is 0. The van der Waals surface area contributed by atoms with Crippen molar-refractivity contribution in [3.8, 4) is 17.0 Å². The van der Waals surface area contributed by atoms with E-state index in [1.807, 2.05) is 38.1 Å². The molecule has 0 saturated carbocycles. The van der Waals surface area contributed by atoms with Crippen LogP contribution in [0, 0.1) is 6.92 Å². The molecule has 2 rings (SSSR count). The van der Waals surface area contributed by atoms with Crippen LogP contribution in [0.2, 0.25) is 0 Å². The van der Waals surface area contributed by atoms with Crippen LogP contribution in [0.3, 0.4) is 0 Å². The number of anilines is 1. The molecule has 0 aliphatic rings. The van der Waals surface area contributed by atoms with E-state index in [1.54, 1.807) is 6.92 Å². The molecule has 1 atom stereocenters. The predicted octanol–water partition coefficient (Wildman–Crippen LogP) is 2.31. The molecule has 1 heterocycles. The molecule has 0 bridgehead atoms. The highest BCUT2D eigenvalue weighted by Crippen LogP contribution is 2.27. The fourth-order valence-electron chi connectivity index (χ4n) is 2.13. The number of ether oxygens (including phenoxy) is 1. The fourth-order valence-corrected chi connectivity index (χ4v) is 2.13. The largest absolute Gasteiger partial charge is 0.491 e. The first kappa shape index (κ1) is 15.8. The zero-order valence-electron chi connectivity index (χ0n) is 13.0. The van der Waals surface area contributed by atoms with Crippen molar-refractivity contribution in [3.05, 3.63) is 35.5 Å². The maximum Gasteiger partial charge on any atom is 0.252 e. The third-order valence-electron chi connectivity index (χ3n) is 3.37. The number of hydrogen-bond acceptors (Lipinski definition) is 5. The second kappa shape index (κ2) is 6.43. The molecule has 4 N–H and O–H groups in total. The Kier molecular flexibility index (Phi) is 4.60. The number of nitrogens with zero attached hydrogens (tertiary/aromatic N) is 2. The number of aryl methyl sites for hydroxylation is 1. The van der Waals surface area contributed by atoms with E-state index in [9.17, 15) is 4.79 Å². The van der Waals surface area contributed by atoms with Gasteiger partial charge in [0, 0.05) is 5.56 Å². The van der Waals surface area contributed by atoms with Crippen molar-refractivity contribution >= 4 is 11.9 Å². The van der Waals surface area contributed by atoms with Crippen molar-refractivity contribution < 1.29 is 9.53 Å². The van der Waals surface area contributed by atoms with Crippen molar-refractivity contribution in [2.75, 3.05) is 5.73 Å². The molecule has 1 amide bonds. The molecule has 1 aromatic heterocycles. The van der Waals surface area contributed by atoms with Crippen LogP contribution < -0.4 is 16.2 Å². The summed E-state index contributed by atoms with van der Waals surface area (Å²) in [6, 6.07) is 7.35. The number of carbonyl (C=O) groups excluding carboxylic acids is 1. The molecule has 0 aliphatic heterocycles. The minimum Gasteiger partial charge on any atom is -0.491 e. The lowest BCUT2D eigenvalue weighted by molar-refractivity contribution is 0.0999. The van der Waals surface area contributed by atoms with Gasteiger partial charge >= 0.3 is 0 Å². The molecule has 116 valence electrons. The quantitative estimate of drug-likeness (QED) is 0.881. The molecule has 1 aromatic carbocycles. The van der Waals surface area contributed by atoms with Gasteiger partial charge in [0.05, 0.1) is 23.1 Å². The minimum absolute atomic E-state index is 0.100. The average Bonchev–Trinajstić information content (AvgIpc) is 2.46. The number of aromatic nitrogens is 2. The number of nitrogen functional groups attached to an aromatic ring is 1. The standard InChI is InChI=1S/C16H20N4O2/c1-4-9(2)22-12-7-5-6-11(8-12)14-13(15(17)21)10(3)19-16(18)20-14/h5-9H,4H2,1-3H3,(H2,17,21)(H2,18,19,20). The van der Waals surface area contributed by atoms with Gasteiger partial charge in [-0.3, -0.25) is 4.79 Å². The van der Waals surface area contributed by atoms with Gasteiger partial charge in [-0.25, -0.2) is 9.97 Å². The zero-order chi connectivity index (χ0) is 16.3. The topological polar surface area (TPSA) is 104 Å². The van der Waals surface area contributed by atoms with E-state index < -0.39 is 5.91 Å². The monoisotopic (exact) mass is 300 g/mol. The molecule has 6 nitrogen and oxygen atoms in total. The Morgan fingerprint density at radius 3 is 2.73 bits per heavy atom. The molecular formula is C16H20N4O2. The van der Waals surface area contributed by atoms with Crippen LogP contribution in [-0.2, 0) is 0 Å². The van der Waals surface area contributed by atoms with Gasteiger partial charge in [-0.1, -0.05) is 19.1 Å². The van der Waals surface area contributed by atoms with Crippen molar-refractivity contribution in [3.63, 3.8) is 0 Å². The van der Waals surface area contributed by atoms with E-state index in [0.29, 0.717) is 22.7 Å². The molecule has 6 heteroatoms. The maximum absolute atomic E-state index is 11.7. The van der Waals surface area contributed by atoms with Crippen molar-refractivity contribution in [1.82, 2.24) is 9.97 Å². The molecule has 0 spiro atoms. The van der Waals surface area contributed by atoms with Gasteiger partial charge in [-0.2, -0.15) is 0 Å². The summed E-state index contributed by atoms with van der Waals surface area (Å²) in [6.07, 6.45) is 0.999. The van der Waals surface area contributed by atoms with Crippen molar-refractivity contribution in [2.24, 2.45) is 5.73 Å². The molecule has 22 heavy (non-hydrogen) atoms. The van der Waals surface area contributed by atoms with Gasteiger partial charge in [0.2, 0.25) is 5.95 Å². The van der Waals surface area contributed by atoms with Gasteiger partial charge in [-0.15, -0.1) is 0 Å². The molecule has 2 aromatic rings. The number of rotatable bonds is 5. The maximum atomic E-state index is 11.7. The molecular weight excluding hydrogens is 280 g/mol. The summed E-state index contributed by atoms with van der Waals surface area (Å²) in [6.45, 7) is 5.73. The van der Waals surface area contributed by atoms with E-state index in [-0.39, 0.29) is 17.6 Å². The van der Waals surface area contributed by atoms with Crippen LogP contribution in [0.5, 0.6) is 5.75 Å². The van der Waals surface area contributed by atoms with Crippen LogP contribution in [0.15, 0.2) is 24.3 Å². The number of carbonyl (C=O) groups is 1. The number of hydrogen-bond donors (Lipinski definition) is 2. The summed E-state index contributed by atoms with van der Waals surface area (Å²) < 4.78 is 5.80. The van der Waals surface area contributed by atoms with Crippen LogP contribution in [0.4, 0.5) is 5.95 Å². The van der Waals surface area contributed by atoms with E-state index in [0.717, 1.165) is 6.42 Å². The first-order valence-corrected chi connectivity index (χ1v) is 7.13. The SMILES string of the molecule is CCC(C)Oc1cccc(-c2nc(N)nc(C)c2C(N)=O)c1. The van der Waals surface area contributed by atoms with Gasteiger partial charge in [0.1, 0.15) is 5.75 Å². The third kappa shape index (κ3) is 3.33. The molecule has 0 saturated heterocycles. The Balaban J connectivity index is 2.52. The van der Waals surface area contributed by atoms with Gasteiger partial charge in [-0.05, 0) is 32.4 Å². The molecule has 0 fully saturated rings. The Morgan fingerprint density at radius 1 is 1.36 bits per heavy atom. The third-order valence-corrected chi connectivity index (χ3v) is 3.37. The lowest BCUT2D eigenvalue weighted by atomic mass is 10.0. The Labute approximate surface area is 129 Å². The van der Waals surface area contributed by atoms with Crippen LogP contribution >= 0.6 is 0 Å². The molecule has 0 radical (unpaired) electrons. The zero-order valence-corrected chi connectivity index (χ0v) is 13.0. The van der Waals surface area contributed by atoms with Crippen LogP contribution in [-0.4, -0.2) is 22.0 Å². The predicted molar refractivity (Wildman–Crippen MR) is 85.5 cm³/mol. The molecule has 0 aliphatic carbocycles. The van der Waals surface area contributed by atoms with E-state index in [1.165, 1.54) is 0 Å². The number of amides is 1. The second-order valence-electron chi connectivity index (χ2n) is 5.12. The highest BCUT2D eigenvalue weighted by atomic mass is 16.5. The fraction of sp³-hybridized carbons (Fsp3) is 0.312. The summed E-state index contributed by atoms with van der Waals surface area (Å²) in [4.78, 5) is 19.9. The van der Waals surface area contributed by atoms with Crippen molar-refractivity contribution in [2.45, 2.75) is 33.3 Å². The van der Waals surface area contributed by atoms with Gasteiger partial charge < -0.3 is 16.2 Å². The first-order chi connectivity index (χ1) is 10.4. The summed E-state index contributed by atoms with van der Waals surface area (Å²) in [5.74, 6) is 0.226. The minimum atomic E-state index is -0.583. The van der Waals surface area contributed by atoms with E-state index >= 15 is 0 Å². The Morgan fingerprint density at radius 2 is 2.09 bits per heavy atom. The highest BCUT2D eigenvalue weighted by Gasteiger charge is 2.17. The number of primary amides is 1.